The average molecular weight is 325 g/mol. The number of sulfonamides is 1. The first kappa shape index (κ1) is 15.3. The summed E-state index contributed by atoms with van der Waals surface area (Å²) < 4.78 is 37.4. The SMILES string of the molecule is CO[C@@H]1C[C@@H](c2nc(C)c(C)[nH]2)N(S(=O)(=O)c2ccco2)C1. The monoisotopic (exact) mass is 325 g/mol. The van der Waals surface area contributed by atoms with Gasteiger partial charge < -0.3 is 14.1 Å². The predicted molar refractivity (Wildman–Crippen MR) is 78.8 cm³/mol. The van der Waals surface area contributed by atoms with E-state index in [9.17, 15) is 8.42 Å². The van der Waals surface area contributed by atoms with E-state index in [0.29, 0.717) is 12.2 Å². The van der Waals surface area contributed by atoms with E-state index in [4.69, 9.17) is 9.15 Å². The number of methoxy groups -OCH3 is 1. The van der Waals surface area contributed by atoms with Gasteiger partial charge in [-0.25, -0.2) is 13.4 Å². The van der Waals surface area contributed by atoms with Crippen molar-refractivity contribution >= 4 is 10.0 Å². The van der Waals surface area contributed by atoms with Crippen molar-refractivity contribution in [2.24, 2.45) is 0 Å². The number of nitrogens with zero attached hydrogens (tertiary/aromatic N) is 2. The number of ether oxygens (including phenoxy) is 1. The third kappa shape index (κ3) is 2.47. The zero-order chi connectivity index (χ0) is 15.9. The molecule has 120 valence electrons. The van der Waals surface area contributed by atoms with Crippen molar-refractivity contribution in [1.29, 1.82) is 0 Å². The molecule has 0 spiro atoms. The standard InChI is InChI=1S/C14H19N3O4S/c1-9-10(2)16-14(15-9)12-7-11(20-3)8-17(12)22(18,19)13-5-4-6-21-13/h4-6,11-12H,7-8H2,1-3H3,(H,15,16)/t11-,12+/m1/s1. The number of hydrogen-bond donors (Lipinski definition) is 1. The smallest absolute Gasteiger partial charge is 0.277 e. The minimum absolute atomic E-state index is 0.0609. The number of nitrogens with one attached hydrogen (secondary N) is 1. The molecule has 1 aliphatic heterocycles. The Hall–Kier alpha value is -1.64. The predicted octanol–water partition coefficient (Wildman–Crippen LogP) is 1.77. The first-order valence-electron chi connectivity index (χ1n) is 7.04. The van der Waals surface area contributed by atoms with E-state index in [2.05, 4.69) is 9.97 Å². The lowest BCUT2D eigenvalue weighted by molar-refractivity contribution is 0.114. The Bertz CT molecular complexity index is 732. The van der Waals surface area contributed by atoms with E-state index in [1.54, 1.807) is 13.2 Å². The highest BCUT2D eigenvalue weighted by atomic mass is 32.2. The van der Waals surface area contributed by atoms with Gasteiger partial charge in [0.25, 0.3) is 10.0 Å². The Morgan fingerprint density at radius 1 is 1.45 bits per heavy atom. The van der Waals surface area contributed by atoms with Crippen LogP contribution in [-0.4, -0.2) is 42.4 Å². The number of rotatable bonds is 4. The van der Waals surface area contributed by atoms with Crippen LogP contribution in [0.4, 0.5) is 0 Å². The Balaban J connectivity index is 2.00. The average Bonchev–Trinajstić information content (AvgIpc) is 3.19. The lowest BCUT2D eigenvalue weighted by Gasteiger charge is -2.20. The third-order valence-corrected chi connectivity index (χ3v) is 5.83. The molecule has 0 bridgehead atoms. The van der Waals surface area contributed by atoms with Crippen molar-refractivity contribution in [3.63, 3.8) is 0 Å². The van der Waals surface area contributed by atoms with Gasteiger partial charge in [-0.1, -0.05) is 0 Å². The maximum Gasteiger partial charge on any atom is 0.277 e. The summed E-state index contributed by atoms with van der Waals surface area (Å²) in [5.41, 5.74) is 1.80. The molecule has 1 saturated heterocycles. The summed E-state index contributed by atoms with van der Waals surface area (Å²) in [5.74, 6) is 0.643. The molecule has 0 radical (unpaired) electrons. The molecule has 2 atom stereocenters. The quantitative estimate of drug-likeness (QED) is 0.925. The van der Waals surface area contributed by atoms with Crippen LogP contribution in [0.5, 0.6) is 0 Å². The van der Waals surface area contributed by atoms with Crippen molar-refractivity contribution < 1.29 is 17.6 Å². The largest absolute Gasteiger partial charge is 0.452 e. The molecule has 8 heteroatoms. The van der Waals surface area contributed by atoms with Crippen LogP contribution in [0.1, 0.15) is 29.7 Å². The Labute approximate surface area is 129 Å². The van der Waals surface area contributed by atoms with Gasteiger partial charge >= 0.3 is 0 Å². The van der Waals surface area contributed by atoms with Gasteiger partial charge in [0.2, 0.25) is 5.09 Å². The highest BCUT2D eigenvalue weighted by Gasteiger charge is 2.43. The van der Waals surface area contributed by atoms with Crippen LogP contribution in [0.25, 0.3) is 0 Å². The van der Waals surface area contributed by atoms with Crippen LogP contribution in [0, 0.1) is 13.8 Å². The second-order valence-electron chi connectivity index (χ2n) is 5.45. The number of hydrogen-bond acceptors (Lipinski definition) is 5. The van der Waals surface area contributed by atoms with E-state index in [0.717, 1.165) is 11.4 Å². The molecular weight excluding hydrogens is 306 g/mol. The molecular formula is C14H19N3O4S. The molecule has 1 fully saturated rings. The van der Waals surface area contributed by atoms with E-state index in [1.165, 1.54) is 16.6 Å². The molecule has 1 N–H and O–H groups in total. The van der Waals surface area contributed by atoms with Crippen LogP contribution < -0.4 is 0 Å². The van der Waals surface area contributed by atoms with Crippen molar-refractivity contribution in [2.75, 3.05) is 13.7 Å². The van der Waals surface area contributed by atoms with Gasteiger partial charge in [-0.15, -0.1) is 0 Å². The number of imidazole rings is 1. The van der Waals surface area contributed by atoms with E-state index < -0.39 is 10.0 Å². The van der Waals surface area contributed by atoms with Gasteiger partial charge in [0, 0.05) is 19.3 Å². The van der Waals surface area contributed by atoms with Crippen molar-refractivity contribution in [2.45, 2.75) is 37.5 Å². The minimum Gasteiger partial charge on any atom is -0.452 e. The fraction of sp³-hybridized carbons (Fsp3) is 0.500. The fourth-order valence-corrected chi connectivity index (χ4v) is 4.25. The molecule has 0 unspecified atom stereocenters. The third-order valence-electron chi connectivity index (χ3n) is 4.07. The summed E-state index contributed by atoms with van der Waals surface area (Å²) in [6.07, 6.45) is 1.75. The van der Waals surface area contributed by atoms with Crippen LogP contribution in [-0.2, 0) is 14.8 Å². The van der Waals surface area contributed by atoms with Crippen LogP contribution in [0.15, 0.2) is 27.9 Å². The van der Waals surface area contributed by atoms with Crippen LogP contribution in [0.2, 0.25) is 0 Å². The number of aromatic nitrogens is 2. The molecule has 2 aromatic heterocycles. The maximum atomic E-state index is 12.8. The molecule has 3 rings (SSSR count). The lowest BCUT2D eigenvalue weighted by Crippen LogP contribution is -2.32. The second kappa shape index (κ2) is 5.53. The normalized spacial score (nSPS) is 23.2. The van der Waals surface area contributed by atoms with Gasteiger partial charge in [-0.3, -0.25) is 0 Å². The summed E-state index contributed by atoms with van der Waals surface area (Å²) in [4.78, 5) is 7.63. The zero-order valence-electron chi connectivity index (χ0n) is 12.7. The van der Waals surface area contributed by atoms with Crippen LogP contribution in [0.3, 0.4) is 0 Å². The molecule has 0 amide bonds. The fourth-order valence-electron chi connectivity index (χ4n) is 2.71. The Kier molecular flexibility index (Phi) is 3.84. The van der Waals surface area contributed by atoms with Gasteiger partial charge in [0.05, 0.1) is 24.1 Å². The Morgan fingerprint density at radius 3 is 2.77 bits per heavy atom. The number of aryl methyl sites for hydroxylation is 2. The molecule has 0 saturated carbocycles. The number of aromatic amines is 1. The molecule has 3 heterocycles. The van der Waals surface area contributed by atoms with Crippen LogP contribution >= 0.6 is 0 Å². The lowest BCUT2D eigenvalue weighted by atomic mass is 10.2. The first-order valence-corrected chi connectivity index (χ1v) is 8.48. The maximum absolute atomic E-state index is 12.8. The number of H-pyrrole nitrogens is 1. The summed E-state index contributed by atoms with van der Waals surface area (Å²) in [6, 6.07) is 2.63. The van der Waals surface area contributed by atoms with Crippen molar-refractivity contribution in [3.8, 4) is 0 Å². The topological polar surface area (TPSA) is 88.4 Å². The zero-order valence-corrected chi connectivity index (χ0v) is 13.6. The Morgan fingerprint density at radius 2 is 2.23 bits per heavy atom. The molecule has 0 aliphatic carbocycles. The van der Waals surface area contributed by atoms with Gasteiger partial charge in [-0.05, 0) is 32.4 Å². The summed E-state index contributed by atoms with van der Waals surface area (Å²) in [5, 5.41) is -0.0609. The molecule has 7 nitrogen and oxygen atoms in total. The summed E-state index contributed by atoms with van der Waals surface area (Å²) in [7, 11) is -2.13. The van der Waals surface area contributed by atoms with Gasteiger partial charge in [0.15, 0.2) is 0 Å². The molecule has 0 aromatic carbocycles. The highest BCUT2D eigenvalue weighted by Crippen LogP contribution is 2.36. The highest BCUT2D eigenvalue weighted by molar-refractivity contribution is 7.89. The van der Waals surface area contributed by atoms with Gasteiger partial charge in [0.1, 0.15) is 5.82 Å². The van der Waals surface area contributed by atoms with E-state index in [1.807, 2.05) is 13.8 Å². The molecule has 22 heavy (non-hydrogen) atoms. The van der Waals surface area contributed by atoms with E-state index in [-0.39, 0.29) is 23.8 Å². The number of furan rings is 1. The van der Waals surface area contributed by atoms with E-state index >= 15 is 0 Å². The van der Waals surface area contributed by atoms with Crippen molar-refractivity contribution in [1.82, 2.24) is 14.3 Å². The summed E-state index contributed by atoms with van der Waals surface area (Å²) in [6.45, 7) is 4.09. The second-order valence-corrected chi connectivity index (χ2v) is 7.27. The van der Waals surface area contributed by atoms with Crippen molar-refractivity contribution in [3.05, 3.63) is 35.6 Å². The molecule has 1 aliphatic rings. The molecule has 2 aromatic rings. The minimum atomic E-state index is -3.71. The van der Waals surface area contributed by atoms with Gasteiger partial charge in [-0.2, -0.15) is 4.31 Å². The summed E-state index contributed by atoms with van der Waals surface area (Å²) >= 11 is 0. The first-order chi connectivity index (χ1) is 10.4.